The summed E-state index contributed by atoms with van der Waals surface area (Å²) in [5.41, 5.74) is 21.9. The van der Waals surface area contributed by atoms with Crippen LogP contribution in [0.2, 0.25) is 0 Å². The third-order valence-electron chi connectivity index (χ3n) is 15.4. The van der Waals surface area contributed by atoms with Gasteiger partial charge in [-0.05, 0) is 129 Å². The van der Waals surface area contributed by atoms with Crippen molar-refractivity contribution in [3.05, 3.63) is 226 Å². The summed E-state index contributed by atoms with van der Waals surface area (Å²) in [5.74, 6) is 0.437. The molecule has 2 heterocycles. The average Bonchev–Trinajstić information content (AvgIpc) is 4.00. The van der Waals surface area contributed by atoms with Gasteiger partial charge >= 0.3 is 0 Å². The highest BCUT2D eigenvalue weighted by molar-refractivity contribution is 8.00. The summed E-state index contributed by atoms with van der Waals surface area (Å²) in [4.78, 5) is 4.15. The maximum absolute atomic E-state index is 2.72. The van der Waals surface area contributed by atoms with Crippen LogP contribution in [0.25, 0.3) is 44.2 Å². The van der Waals surface area contributed by atoms with Gasteiger partial charge in [-0.15, -0.1) is 11.8 Å². The lowest BCUT2D eigenvalue weighted by molar-refractivity contribution is 0.637. The molecule has 6 aliphatic rings. The Hall–Kier alpha value is -6.29. The highest BCUT2D eigenvalue weighted by Crippen LogP contribution is 2.56. The van der Waals surface area contributed by atoms with Crippen LogP contribution in [-0.4, -0.2) is 15.9 Å². The molecule has 1 aliphatic heterocycles. The van der Waals surface area contributed by atoms with Crippen molar-refractivity contribution in [3.63, 3.8) is 0 Å². The van der Waals surface area contributed by atoms with Crippen molar-refractivity contribution in [3.8, 4) is 16.8 Å². The molecule has 3 heteroatoms. The Morgan fingerprint density at radius 1 is 0.667 bits per heavy atom. The molecule has 3 unspecified atom stereocenters. The number of aromatic nitrogens is 1. The number of hydrogen-bond donors (Lipinski definition) is 0. The van der Waals surface area contributed by atoms with E-state index in [0.29, 0.717) is 11.2 Å². The lowest BCUT2D eigenvalue weighted by Gasteiger charge is -2.38. The number of nitrogens with zero attached hydrogens (tertiary/aromatic N) is 2. The lowest BCUT2D eigenvalue weighted by atomic mass is 9.79. The summed E-state index contributed by atoms with van der Waals surface area (Å²) in [5, 5.41) is 3.12. The molecule has 63 heavy (non-hydrogen) atoms. The summed E-state index contributed by atoms with van der Waals surface area (Å²) in [6.07, 6.45) is 20.2. The summed E-state index contributed by atoms with van der Waals surface area (Å²) in [7, 11) is 0. The van der Waals surface area contributed by atoms with Crippen molar-refractivity contribution in [2.45, 2.75) is 79.9 Å². The van der Waals surface area contributed by atoms with Gasteiger partial charge in [-0.1, -0.05) is 155 Å². The minimum atomic E-state index is -0.150. The molecule has 7 aromatic rings. The van der Waals surface area contributed by atoms with Crippen molar-refractivity contribution in [1.29, 1.82) is 0 Å². The quantitative estimate of drug-likeness (QED) is 0.171. The second kappa shape index (κ2) is 13.6. The van der Waals surface area contributed by atoms with Crippen molar-refractivity contribution < 1.29 is 0 Å². The van der Waals surface area contributed by atoms with Crippen LogP contribution >= 0.6 is 11.8 Å². The number of anilines is 1. The molecule has 0 saturated heterocycles. The fraction of sp³-hybridized carbons (Fsp3) is 0.200. The number of rotatable bonds is 5. The number of benzene rings is 6. The number of thioether (sulfide) groups is 1. The first kappa shape index (κ1) is 37.3. The third-order valence-corrected chi connectivity index (χ3v) is 16.8. The Morgan fingerprint density at radius 2 is 1.41 bits per heavy atom. The fourth-order valence-electron chi connectivity index (χ4n) is 12.5. The van der Waals surface area contributed by atoms with Crippen molar-refractivity contribution in [1.82, 2.24) is 4.57 Å². The molecule has 0 bridgehead atoms. The van der Waals surface area contributed by atoms with Crippen LogP contribution in [0.5, 0.6) is 0 Å². The molecule has 0 saturated carbocycles. The standard InChI is InChI=1S/C60H50N2S/c1-59(2)50-22-11-8-17-43(50)45-31-29-41(36-52(45)59)61(39-27-25-37(26-28-39)42-20-14-21-48-46-19-10-13-24-55(46)63-58(42)48)40-30-33-53-49(35-40)56-54(62(53)38-15-6-5-7-16-38)34-32-47-44-18-9-12-23-51(44)60(3,4)57(47)56/h5-25,27,30-36,41,48,58H,26,28-29H2,1-4H3. The van der Waals surface area contributed by atoms with Crippen LogP contribution in [0.15, 0.2) is 203 Å². The van der Waals surface area contributed by atoms with Gasteiger partial charge in [0.1, 0.15) is 0 Å². The van der Waals surface area contributed by atoms with E-state index in [4.69, 9.17) is 0 Å². The van der Waals surface area contributed by atoms with Crippen molar-refractivity contribution in [2.75, 3.05) is 4.90 Å². The van der Waals surface area contributed by atoms with E-state index in [1.54, 1.807) is 0 Å². The summed E-state index contributed by atoms with van der Waals surface area (Å²) < 4.78 is 2.50. The number of fused-ring (bicyclic) bond motifs is 13. The largest absolute Gasteiger partial charge is 0.338 e. The van der Waals surface area contributed by atoms with E-state index in [9.17, 15) is 0 Å². The molecule has 0 N–H and O–H groups in total. The van der Waals surface area contributed by atoms with Gasteiger partial charge in [0.15, 0.2) is 0 Å². The molecule has 3 atom stereocenters. The van der Waals surface area contributed by atoms with Crippen molar-refractivity contribution >= 4 is 44.8 Å². The van der Waals surface area contributed by atoms with Gasteiger partial charge in [0.2, 0.25) is 0 Å². The van der Waals surface area contributed by atoms with E-state index in [2.05, 4.69) is 225 Å². The second-order valence-electron chi connectivity index (χ2n) is 19.4. The second-order valence-corrected chi connectivity index (χ2v) is 20.6. The van der Waals surface area contributed by atoms with Crippen LogP contribution in [0.4, 0.5) is 5.69 Å². The zero-order valence-corrected chi connectivity index (χ0v) is 37.2. The smallest absolute Gasteiger partial charge is 0.0560 e. The normalized spacial score (nSPS) is 21.9. The molecule has 0 radical (unpaired) electrons. The Labute approximate surface area is 375 Å². The minimum absolute atomic E-state index is 0.0664. The first-order chi connectivity index (χ1) is 30.8. The molecule has 0 spiro atoms. The van der Waals surface area contributed by atoms with Crippen LogP contribution in [0, 0.1) is 0 Å². The molecule has 6 aromatic carbocycles. The van der Waals surface area contributed by atoms with E-state index in [-0.39, 0.29) is 16.9 Å². The van der Waals surface area contributed by atoms with Gasteiger partial charge in [-0.3, -0.25) is 0 Å². The van der Waals surface area contributed by atoms with Gasteiger partial charge in [0.25, 0.3) is 0 Å². The summed E-state index contributed by atoms with van der Waals surface area (Å²) >= 11 is 2.05. The van der Waals surface area contributed by atoms with E-state index < -0.39 is 0 Å². The molecule has 0 fully saturated rings. The molecule has 5 aliphatic carbocycles. The van der Waals surface area contributed by atoms with Gasteiger partial charge in [-0.25, -0.2) is 0 Å². The predicted molar refractivity (Wildman–Crippen MR) is 266 cm³/mol. The molecular formula is C60H50N2S. The van der Waals surface area contributed by atoms with Crippen LogP contribution in [0.3, 0.4) is 0 Å². The Balaban J connectivity index is 0.993. The Kier molecular flexibility index (Phi) is 8.05. The van der Waals surface area contributed by atoms with Crippen molar-refractivity contribution in [2.24, 2.45) is 0 Å². The van der Waals surface area contributed by atoms with E-state index in [0.717, 1.165) is 19.3 Å². The minimum Gasteiger partial charge on any atom is -0.338 e. The topological polar surface area (TPSA) is 8.17 Å². The molecule has 2 nitrogen and oxygen atoms in total. The number of hydrogen-bond acceptors (Lipinski definition) is 2. The van der Waals surface area contributed by atoms with Gasteiger partial charge in [0.05, 0.1) is 17.1 Å². The predicted octanol–water partition coefficient (Wildman–Crippen LogP) is 15.3. The van der Waals surface area contributed by atoms with Gasteiger partial charge in [-0.2, -0.15) is 0 Å². The number of para-hydroxylation sites is 1. The highest BCUT2D eigenvalue weighted by atomic mass is 32.2. The maximum Gasteiger partial charge on any atom is 0.0560 e. The molecule has 0 amide bonds. The zero-order valence-electron chi connectivity index (χ0n) is 36.4. The molecular weight excluding hydrogens is 781 g/mol. The fourth-order valence-corrected chi connectivity index (χ4v) is 14.0. The first-order valence-electron chi connectivity index (χ1n) is 22.9. The zero-order chi connectivity index (χ0) is 42.2. The Morgan fingerprint density at radius 3 is 2.24 bits per heavy atom. The summed E-state index contributed by atoms with van der Waals surface area (Å²) in [6.45, 7) is 9.70. The van der Waals surface area contributed by atoms with Gasteiger partial charge < -0.3 is 9.47 Å². The SMILES string of the molecule is CC1(C)C2=CC(N(C3=CC=C(C4=CC=CC5c6ccccc6SC45)CC3)c3ccc4c(c3)c3c5c(ccc3n4-c3ccccc3)-c3ccccc3C5(C)C)CC=C2c2ccccc21. The maximum atomic E-state index is 2.72. The first-order valence-corrected chi connectivity index (χ1v) is 23.8. The van der Waals surface area contributed by atoms with Crippen LogP contribution in [-0.2, 0) is 10.8 Å². The third kappa shape index (κ3) is 5.33. The molecule has 306 valence electrons. The average molecular weight is 831 g/mol. The van der Waals surface area contributed by atoms with Crippen LogP contribution in [0.1, 0.15) is 80.7 Å². The summed E-state index contributed by atoms with van der Waals surface area (Å²) in [6, 6.07) is 50.4. The van der Waals surface area contributed by atoms with E-state index in [1.165, 1.54) is 105 Å². The van der Waals surface area contributed by atoms with E-state index in [1.807, 2.05) is 0 Å². The molecule has 1 aromatic heterocycles. The number of allylic oxidation sites excluding steroid dienone is 9. The van der Waals surface area contributed by atoms with Crippen LogP contribution < -0.4 is 4.90 Å². The van der Waals surface area contributed by atoms with Gasteiger partial charge in [0, 0.05) is 54.7 Å². The monoisotopic (exact) mass is 830 g/mol. The lowest BCUT2D eigenvalue weighted by Crippen LogP contribution is -2.36. The Bertz CT molecular complexity index is 3310. The van der Waals surface area contributed by atoms with E-state index >= 15 is 0 Å². The molecule has 13 rings (SSSR count). The highest BCUT2D eigenvalue weighted by Gasteiger charge is 2.42.